The summed E-state index contributed by atoms with van der Waals surface area (Å²) in [4.78, 5) is 19.2. The van der Waals surface area contributed by atoms with Crippen molar-refractivity contribution in [2.45, 2.75) is 19.3 Å². The van der Waals surface area contributed by atoms with Crippen molar-refractivity contribution in [3.8, 4) is 11.3 Å². The Balaban J connectivity index is 0.000000666. The van der Waals surface area contributed by atoms with Crippen LogP contribution in [0.1, 0.15) is 19.3 Å². The van der Waals surface area contributed by atoms with E-state index < -0.39 is 5.82 Å². The van der Waals surface area contributed by atoms with Crippen LogP contribution >= 0.6 is 11.6 Å². The minimum Gasteiger partial charge on any atom is -0.336 e. The average Bonchev–Trinajstić information content (AvgIpc) is 3.27. The van der Waals surface area contributed by atoms with Crippen molar-refractivity contribution in [2.24, 2.45) is 0 Å². The molecule has 1 aliphatic carbocycles. The fourth-order valence-corrected chi connectivity index (χ4v) is 3.39. The number of halogens is 2. The molecule has 4 heterocycles. The number of carbonyl (C=O) groups excluding carboxylic acids is 1. The number of aromatic nitrogens is 7. The maximum Gasteiger partial charge on any atom is 0.212 e. The molecule has 1 fully saturated rings. The van der Waals surface area contributed by atoms with Gasteiger partial charge >= 0.3 is 0 Å². The smallest absolute Gasteiger partial charge is 0.212 e. The summed E-state index contributed by atoms with van der Waals surface area (Å²) in [7, 11) is 0. The first-order valence-corrected chi connectivity index (χ1v) is 10.2. The first-order chi connectivity index (χ1) is 15.7. The van der Waals surface area contributed by atoms with E-state index in [2.05, 4.69) is 41.0 Å². The molecule has 4 aromatic heterocycles. The standard InChI is InChI=1S/C17H11ClFN9O.C3H6/c18-14-13(9-5-28-6-11(21-7-29)24-12(28)4-20-9)8-3-23-27-16(8)17(15(14)19)25-10-1-2-22-26-10;1-2-3-1/h1-7H,(H,21,29)(H,23,27)(H2,22,25,26);1-3H2. The minimum absolute atomic E-state index is 0.112. The predicted octanol–water partition coefficient (Wildman–Crippen LogP) is 4.27. The number of hydrogen-bond donors (Lipinski definition) is 4. The lowest BCUT2D eigenvalue weighted by atomic mass is 10.1. The highest BCUT2D eigenvalue weighted by Gasteiger charge is 2.22. The maximum atomic E-state index is 15.2. The number of nitrogens with zero attached hydrogens (tertiary/aromatic N) is 5. The predicted molar refractivity (Wildman–Crippen MR) is 118 cm³/mol. The summed E-state index contributed by atoms with van der Waals surface area (Å²) >= 11 is 6.41. The number of benzene rings is 1. The molecule has 10 nitrogen and oxygen atoms in total. The molecule has 1 aromatic carbocycles. The summed E-state index contributed by atoms with van der Waals surface area (Å²) < 4.78 is 16.9. The SMILES string of the molecule is C1CC1.O=CNc1cn2cc(-c3c(Cl)c(F)c(Nc4ccn[nH]4)c4[nH]ncc34)ncc2n1. The maximum absolute atomic E-state index is 15.2. The van der Waals surface area contributed by atoms with Gasteiger partial charge in [-0.2, -0.15) is 10.2 Å². The Morgan fingerprint density at radius 3 is 2.72 bits per heavy atom. The highest BCUT2D eigenvalue weighted by Crippen LogP contribution is 2.41. The van der Waals surface area contributed by atoms with Crippen molar-refractivity contribution in [1.29, 1.82) is 0 Å². The molecule has 32 heavy (non-hydrogen) atoms. The van der Waals surface area contributed by atoms with E-state index in [0.717, 1.165) is 0 Å². The second kappa shape index (κ2) is 8.27. The molecule has 1 aliphatic rings. The number of amides is 1. The molecule has 0 saturated heterocycles. The first kappa shape index (κ1) is 19.9. The third kappa shape index (κ3) is 3.73. The minimum atomic E-state index is -0.663. The zero-order chi connectivity index (χ0) is 22.1. The summed E-state index contributed by atoms with van der Waals surface area (Å²) in [5.41, 5.74) is 1.86. The number of imidazole rings is 1. The van der Waals surface area contributed by atoms with Gasteiger partial charge in [-0.25, -0.2) is 9.37 Å². The van der Waals surface area contributed by atoms with Crippen molar-refractivity contribution in [1.82, 2.24) is 34.8 Å². The van der Waals surface area contributed by atoms with Crippen molar-refractivity contribution in [2.75, 3.05) is 10.6 Å². The molecule has 1 saturated carbocycles. The van der Waals surface area contributed by atoms with Crippen molar-refractivity contribution in [3.05, 3.63) is 47.9 Å². The second-order valence-corrected chi connectivity index (χ2v) is 7.50. The molecular formula is C20H17ClFN9O. The van der Waals surface area contributed by atoms with Crippen LogP contribution in [-0.4, -0.2) is 41.2 Å². The van der Waals surface area contributed by atoms with Crippen LogP contribution in [0.4, 0.5) is 21.7 Å². The molecule has 0 atom stereocenters. The van der Waals surface area contributed by atoms with Crippen molar-refractivity contribution in [3.63, 3.8) is 0 Å². The molecule has 162 valence electrons. The summed E-state index contributed by atoms with van der Waals surface area (Å²) in [6.07, 6.45) is 12.9. The van der Waals surface area contributed by atoms with Gasteiger partial charge in [-0.05, 0) is 0 Å². The average molecular weight is 454 g/mol. The number of carbonyl (C=O) groups is 1. The molecular weight excluding hydrogens is 437 g/mol. The van der Waals surface area contributed by atoms with Gasteiger partial charge < -0.3 is 15.0 Å². The highest BCUT2D eigenvalue weighted by molar-refractivity contribution is 6.36. The lowest BCUT2D eigenvalue weighted by Crippen LogP contribution is -1.99. The van der Waals surface area contributed by atoms with E-state index in [1.807, 2.05) is 0 Å². The van der Waals surface area contributed by atoms with E-state index in [1.54, 1.807) is 35.3 Å². The quantitative estimate of drug-likeness (QED) is 0.294. The Kier molecular flexibility index (Phi) is 5.15. The lowest BCUT2D eigenvalue weighted by Gasteiger charge is -2.13. The molecule has 0 aliphatic heterocycles. The zero-order valence-corrected chi connectivity index (χ0v) is 17.3. The first-order valence-electron chi connectivity index (χ1n) is 9.81. The number of H-pyrrole nitrogens is 2. The molecule has 0 spiro atoms. The highest BCUT2D eigenvalue weighted by atomic mass is 35.5. The third-order valence-corrected chi connectivity index (χ3v) is 5.06. The van der Waals surface area contributed by atoms with Gasteiger partial charge in [0.1, 0.15) is 11.5 Å². The number of hydrogen-bond acceptors (Lipinski definition) is 6. The Morgan fingerprint density at radius 1 is 1.16 bits per heavy atom. The van der Waals surface area contributed by atoms with Crippen LogP contribution in [0, 0.1) is 5.82 Å². The van der Waals surface area contributed by atoms with Gasteiger partial charge in [0.15, 0.2) is 17.3 Å². The lowest BCUT2D eigenvalue weighted by molar-refractivity contribution is -0.105. The van der Waals surface area contributed by atoms with Crippen LogP contribution < -0.4 is 10.6 Å². The van der Waals surface area contributed by atoms with E-state index >= 15 is 4.39 Å². The number of nitrogens with one attached hydrogen (secondary N) is 4. The van der Waals surface area contributed by atoms with Gasteiger partial charge in [-0.3, -0.25) is 20.0 Å². The van der Waals surface area contributed by atoms with Gasteiger partial charge in [-0.1, -0.05) is 30.9 Å². The van der Waals surface area contributed by atoms with Gasteiger partial charge in [0, 0.05) is 23.2 Å². The number of fused-ring (bicyclic) bond motifs is 2. The fourth-order valence-electron chi connectivity index (χ4n) is 3.10. The van der Waals surface area contributed by atoms with Crippen LogP contribution in [-0.2, 0) is 4.79 Å². The Labute approximate surface area is 185 Å². The Hall–Kier alpha value is -3.99. The van der Waals surface area contributed by atoms with Gasteiger partial charge in [-0.15, -0.1) is 0 Å². The number of rotatable bonds is 5. The summed E-state index contributed by atoms with van der Waals surface area (Å²) in [6.45, 7) is 0. The number of aromatic amines is 2. The third-order valence-electron chi connectivity index (χ3n) is 4.71. The van der Waals surface area contributed by atoms with Crippen LogP contribution in [0.25, 0.3) is 27.8 Å². The van der Waals surface area contributed by atoms with E-state index in [0.29, 0.717) is 45.9 Å². The van der Waals surface area contributed by atoms with Crippen LogP contribution in [0.3, 0.4) is 0 Å². The van der Waals surface area contributed by atoms with E-state index in [4.69, 9.17) is 11.6 Å². The van der Waals surface area contributed by atoms with E-state index in [9.17, 15) is 4.79 Å². The van der Waals surface area contributed by atoms with Crippen LogP contribution in [0.2, 0.25) is 5.02 Å². The zero-order valence-electron chi connectivity index (χ0n) is 16.6. The van der Waals surface area contributed by atoms with E-state index in [-0.39, 0.29) is 10.7 Å². The molecule has 5 aromatic rings. The van der Waals surface area contributed by atoms with Crippen molar-refractivity contribution >= 4 is 51.9 Å². The number of anilines is 3. The van der Waals surface area contributed by atoms with Crippen LogP contribution in [0.5, 0.6) is 0 Å². The molecule has 0 unspecified atom stereocenters. The molecule has 1 amide bonds. The molecule has 0 bridgehead atoms. The van der Waals surface area contributed by atoms with Crippen LogP contribution in [0.15, 0.2) is 37.1 Å². The molecule has 6 rings (SSSR count). The monoisotopic (exact) mass is 453 g/mol. The fraction of sp³-hybridized carbons (Fsp3) is 0.150. The Morgan fingerprint density at radius 2 is 2.00 bits per heavy atom. The van der Waals surface area contributed by atoms with Gasteiger partial charge in [0.25, 0.3) is 0 Å². The summed E-state index contributed by atoms with van der Waals surface area (Å²) in [5, 5.41) is 19.2. The summed E-state index contributed by atoms with van der Waals surface area (Å²) in [6, 6.07) is 1.66. The van der Waals surface area contributed by atoms with Gasteiger partial charge in [0.05, 0.1) is 41.0 Å². The second-order valence-electron chi connectivity index (χ2n) is 7.12. The molecule has 12 heteroatoms. The van der Waals surface area contributed by atoms with E-state index in [1.165, 1.54) is 25.5 Å². The molecule has 4 N–H and O–H groups in total. The Bertz CT molecular complexity index is 1410. The topological polar surface area (TPSA) is 129 Å². The summed E-state index contributed by atoms with van der Waals surface area (Å²) in [5.74, 6) is 0.199. The van der Waals surface area contributed by atoms with Gasteiger partial charge in [0.2, 0.25) is 6.41 Å². The van der Waals surface area contributed by atoms with Crippen molar-refractivity contribution < 1.29 is 9.18 Å². The largest absolute Gasteiger partial charge is 0.336 e. The normalized spacial score (nSPS) is 12.4. The molecule has 0 radical (unpaired) electrons.